The third kappa shape index (κ3) is 3.46. The summed E-state index contributed by atoms with van der Waals surface area (Å²) < 4.78 is 15.5. The second kappa shape index (κ2) is 6.62. The van der Waals surface area contributed by atoms with Crippen LogP contribution in [0.2, 0.25) is 0 Å². The Balaban J connectivity index is 1.38. The van der Waals surface area contributed by atoms with Crippen LogP contribution in [-0.4, -0.2) is 15.7 Å². The summed E-state index contributed by atoms with van der Waals surface area (Å²) in [7, 11) is 0. The van der Waals surface area contributed by atoms with Crippen LogP contribution in [0.25, 0.3) is 0 Å². The second-order valence-corrected chi connectivity index (χ2v) is 7.61. The number of aryl methyl sites for hydroxylation is 1. The number of hydrogen-bond donors (Lipinski definition) is 1. The highest BCUT2D eigenvalue weighted by atomic mass is 19.1. The molecule has 3 atom stereocenters. The van der Waals surface area contributed by atoms with Crippen molar-refractivity contribution in [1.82, 2.24) is 9.78 Å². The normalized spacial score (nSPS) is 24.6. The lowest BCUT2D eigenvalue weighted by molar-refractivity contribution is -0.117. The van der Waals surface area contributed by atoms with Crippen LogP contribution in [0.1, 0.15) is 43.4 Å². The molecule has 4 rings (SSSR count). The van der Waals surface area contributed by atoms with Gasteiger partial charge in [0.2, 0.25) is 5.91 Å². The maximum absolute atomic E-state index is 13.8. The summed E-state index contributed by atoms with van der Waals surface area (Å²) in [6.07, 6.45) is 5.76. The van der Waals surface area contributed by atoms with Gasteiger partial charge in [-0.3, -0.25) is 9.48 Å². The predicted molar refractivity (Wildman–Crippen MR) is 94.7 cm³/mol. The van der Waals surface area contributed by atoms with Crippen LogP contribution in [0, 0.1) is 30.5 Å². The van der Waals surface area contributed by atoms with E-state index < -0.39 is 0 Å². The van der Waals surface area contributed by atoms with E-state index in [1.807, 2.05) is 19.1 Å². The smallest absolute Gasteiger partial charge is 0.225 e. The molecule has 1 aromatic carbocycles. The van der Waals surface area contributed by atoms with Gasteiger partial charge in [0.15, 0.2) is 5.82 Å². The molecule has 1 amide bonds. The Bertz CT molecular complexity index is 785. The number of carbonyl (C=O) groups is 1. The minimum atomic E-state index is -0.237. The predicted octanol–water partition coefficient (Wildman–Crippen LogP) is 4.14. The molecule has 4 nitrogen and oxygen atoms in total. The van der Waals surface area contributed by atoms with Crippen LogP contribution in [0.15, 0.2) is 30.3 Å². The standard InChI is InChI=1S/C20H24FN3O/c1-13-8-19(23-24(13)12-16-4-2-3-5-18(16)21)22-20(25)11-17-10-14-6-7-15(17)9-14/h2-5,8,14-15,17H,6-7,9-12H2,1H3,(H,22,23,25). The van der Waals surface area contributed by atoms with Crippen molar-refractivity contribution < 1.29 is 9.18 Å². The lowest BCUT2D eigenvalue weighted by Crippen LogP contribution is -2.20. The molecule has 0 radical (unpaired) electrons. The van der Waals surface area contributed by atoms with E-state index in [1.54, 1.807) is 16.8 Å². The van der Waals surface area contributed by atoms with Gasteiger partial charge in [-0.1, -0.05) is 24.6 Å². The van der Waals surface area contributed by atoms with Gasteiger partial charge in [-0.25, -0.2) is 4.39 Å². The molecule has 2 fully saturated rings. The number of anilines is 1. The van der Waals surface area contributed by atoms with E-state index >= 15 is 0 Å². The van der Waals surface area contributed by atoms with E-state index in [2.05, 4.69) is 10.4 Å². The summed E-state index contributed by atoms with van der Waals surface area (Å²) in [5, 5.41) is 7.35. The van der Waals surface area contributed by atoms with Crippen molar-refractivity contribution in [3.8, 4) is 0 Å². The Morgan fingerprint density at radius 1 is 1.32 bits per heavy atom. The number of nitrogens with one attached hydrogen (secondary N) is 1. The summed E-state index contributed by atoms with van der Waals surface area (Å²) in [5.41, 5.74) is 1.49. The summed E-state index contributed by atoms with van der Waals surface area (Å²) >= 11 is 0. The van der Waals surface area contributed by atoms with E-state index in [1.165, 1.54) is 31.7 Å². The number of rotatable bonds is 5. The summed E-state index contributed by atoms with van der Waals surface area (Å²) in [5.74, 6) is 2.51. The molecule has 2 saturated carbocycles. The molecule has 2 aliphatic rings. The number of hydrogen-bond acceptors (Lipinski definition) is 2. The number of amides is 1. The maximum Gasteiger partial charge on any atom is 0.225 e. The summed E-state index contributed by atoms with van der Waals surface area (Å²) in [6, 6.07) is 8.54. The first-order valence-corrected chi connectivity index (χ1v) is 9.16. The van der Waals surface area contributed by atoms with Crippen molar-refractivity contribution in [2.45, 2.75) is 45.6 Å². The maximum atomic E-state index is 13.8. The SMILES string of the molecule is Cc1cc(NC(=O)CC2CC3CCC2C3)nn1Cc1ccccc1F. The van der Waals surface area contributed by atoms with Crippen molar-refractivity contribution >= 4 is 11.7 Å². The van der Waals surface area contributed by atoms with Crippen LogP contribution in [0.3, 0.4) is 0 Å². The molecule has 0 saturated heterocycles. The molecular formula is C20H24FN3O. The number of benzene rings is 1. The Kier molecular flexibility index (Phi) is 4.32. The zero-order valence-corrected chi connectivity index (χ0v) is 14.5. The average Bonchev–Trinajstić information content (AvgIpc) is 3.26. The molecule has 1 aromatic heterocycles. The minimum absolute atomic E-state index is 0.0492. The van der Waals surface area contributed by atoms with Gasteiger partial charge in [0.05, 0.1) is 6.54 Å². The van der Waals surface area contributed by atoms with E-state index in [9.17, 15) is 9.18 Å². The van der Waals surface area contributed by atoms with Gasteiger partial charge in [0, 0.05) is 23.7 Å². The largest absolute Gasteiger partial charge is 0.309 e. The first-order valence-electron chi connectivity index (χ1n) is 9.16. The third-order valence-electron chi connectivity index (χ3n) is 5.86. The molecule has 0 spiro atoms. The van der Waals surface area contributed by atoms with Gasteiger partial charge >= 0.3 is 0 Å². The average molecular weight is 341 g/mol. The van der Waals surface area contributed by atoms with E-state index in [0.29, 0.717) is 30.3 Å². The molecule has 3 unspecified atom stereocenters. The van der Waals surface area contributed by atoms with Gasteiger partial charge in [0.1, 0.15) is 5.82 Å². The fourth-order valence-electron chi connectivity index (χ4n) is 4.58. The van der Waals surface area contributed by atoms with Crippen LogP contribution in [0.5, 0.6) is 0 Å². The number of fused-ring (bicyclic) bond motifs is 2. The van der Waals surface area contributed by atoms with E-state index in [-0.39, 0.29) is 11.7 Å². The van der Waals surface area contributed by atoms with Crippen molar-refractivity contribution in [3.63, 3.8) is 0 Å². The number of nitrogens with zero attached hydrogens (tertiary/aromatic N) is 2. The van der Waals surface area contributed by atoms with Crippen LogP contribution >= 0.6 is 0 Å². The summed E-state index contributed by atoms with van der Waals surface area (Å²) in [6.45, 7) is 2.28. The van der Waals surface area contributed by atoms with Gasteiger partial charge in [-0.15, -0.1) is 0 Å². The van der Waals surface area contributed by atoms with Crippen LogP contribution in [0.4, 0.5) is 10.2 Å². The highest BCUT2D eigenvalue weighted by Crippen LogP contribution is 2.49. The van der Waals surface area contributed by atoms with Crippen LogP contribution < -0.4 is 5.32 Å². The van der Waals surface area contributed by atoms with E-state index in [4.69, 9.17) is 0 Å². The Labute approximate surface area is 147 Å². The molecule has 2 bridgehead atoms. The van der Waals surface area contributed by atoms with Gasteiger partial charge in [-0.2, -0.15) is 5.10 Å². The Morgan fingerprint density at radius 2 is 2.16 bits per heavy atom. The molecule has 25 heavy (non-hydrogen) atoms. The Morgan fingerprint density at radius 3 is 2.88 bits per heavy atom. The molecule has 1 N–H and O–H groups in total. The highest BCUT2D eigenvalue weighted by molar-refractivity contribution is 5.90. The number of halogens is 1. The molecule has 2 aliphatic carbocycles. The topological polar surface area (TPSA) is 46.9 Å². The molecule has 1 heterocycles. The molecule has 0 aliphatic heterocycles. The fourth-order valence-corrected chi connectivity index (χ4v) is 4.58. The van der Waals surface area contributed by atoms with Crippen molar-refractivity contribution in [1.29, 1.82) is 0 Å². The number of carbonyl (C=O) groups excluding carboxylic acids is 1. The van der Waals surface area contributed by atoms with Crippen molar-refractivity contribution in [3.05, 3.63) is 47.4 Å². The first kappa shape index (κ1) is 16.3. The van der Waals surface area contributed by atoms with Gasteiger partial charge < -0.3 is 5.32 Å². The Hall–Kier alpha value is -2.17. The van der Waals surface area contributed by atoms with Gasteiger partial charge in [-0.05, 0) is 50.0 Å². The van der Waals surface area contributed by atoms with Crippen LogP contribution in [-0.2, 0) is 11.3 Å². The molecule has 132 valence electrons. The van der Waals surface area contributed by atoms with Crippen molar-refractivity contribution in [2.24, 2.45) is 17.8 Å². The fraction of sp³-hybridized carbons (Fsp3) is 0.500. The van der Waals surface area contributed by atoms with E-state index in [0.717, 1.165) is 17.5 Å². The molecule has 2 aromatic rings. The van der Waals surface area contributed by atoms with Crippen molar-refractivity contribution in [2.75, 3.05) is 5.32 Å². The van der Waals surface area contributed by atoms with Gasteiger partial charge in [0.25, 0.3) is 0 Å². The second-order valence-electron chi connectivity index (χ2n) is 7.61. The monoisotopic (exact) mass is 341 g/mol. The molecule has 5 heteroatoms. The quantitative estimate of drug-likeness (QED) is 0.888. The third-order valence-corrected chi connectivity index (χ3v) is 5.86. The highest BCUT2D eigenvalue weighted by Gasteiger charge is 2.40. The first-order chi connectivity index (χ1) is 12.1. The summed E-state index contributed by atoms with van der Waals surface area (Å²) in [4.78, 5) is 12.4. The zero-order chi connectivity index (χ0) is 17.4. The molecular weight excluding hydrogens is 317 g/mol. The minimum Gasteiger partial charge on any atom is -0.309 e. The lowest BCUT2D eigenvalue weighted by atomic mass is 9.86. The lowest BCUT2D eigenvalue weighted by Gasteiger charge is -2.20. The zero-order valence-electron chi connectivity index (χ0n) is 14.5. The number of aromatic nitrogens is 2.